The summed E-state index contributed by atoms with van der Waals surface area (Å²) in [6, 6.07) is 6.12. The van der Waals surface area contributed by atoms with Gasteiger partial charge < -0.3 is 10.1 Å². The van der Waals surface area contributed by atoms with Crippen LogP contribution in [-0.2, 0) is 6.61 Å². The molecule has 0 spiro atoms. The van der Waals surface area contributed by atoms with Crippen LogP contribution in [0.3, 0.4) is 0 Å². The smallest absolute Gasteiger partial charge is 0.182 e. The van der Waals surface area contributed by atoms with Crippen LogP contribution in [0.2, 0.25) is 0 Å². The first-order chi connectivity index (χ1) is 8.28. The van der Waals surface area contributed by atoms with Gasteiger partial charge in [-0.3, -0.25) is 0 Å². The topological polar surface area (TPSA) is 34.2 Å². The third-order valence-corrected chi connectivity index (χ3v) is 2.99. The van der Waals surface area contributed by atoms with Crippen molar-refractivity contribution in [1.29, 1.82) is 0 Å². The van der Waals surface area contributed by atoms with Gasteiger partial charge in [-0.2, -0.15) is 0 Å². The SMILES string of the molecule is CCNc1ncc(COc2cccc(F)c2)s1. The van der Waals surface area contributed by atoms with Crippen LogP contribution in [0.4, 0.5) is 9.52 Å². The Hall–Kier alpha value is -1.62. The van der Waals surface area contributed by atoms with Crippen LogP contribution in [-0.4, -0.2) is 11.5 Å². The highest BCUT2D eigenvalue weighted by Gasteiger charge is 2.02. The van der Waals surface area contributed by atoms with Crippen molar-refractivity contribution < 1.29 is 9.13 Å². The van der Waals surface area contributed by atoms with Crippen LogP contribution >= 0.6 is 11.3 Å². The molecule has 3 nitrogen and oxygen atoms in total. The lowest BCUT2D eigenvalue weighted by Gasteiger charge is -2.03. The summed E-state index contributed by atoms with van der Waals surface area (Å²) in [4.78, 5) is 5.19. The third kappa shape index (κ3) is 3.42. The second-order valence-electron chi connectivity index (χ2n) is 3.41. The standard InChI is InChI=1S/C12H13FN2OS/c1-2-14-12-15-7-11(17-12)8-16-10-5-3-4-9(13)6-10/h3-7H,2,8H2,1H3,(H,14,15). The molecule has 0 aliphatic rings. The van der Waals surface area contributed by atoms with Gasteiger partial charge in [0.25, 0.3) is 0 Å². The fourth-order valence-corrected chi connectivity index (χ4v) is 2.11. The first-order valence-corrected chi connectivity index (χ1v) is 6.16. The van der Waals surface area contributed by atoms with E-state index in [1.807, 2.05) is 6.92 Å². The van der Waals surface area contributed by atoms with E-state index in [9.17, 15) is 4.39 Å². The number of benzene rings is 1. The predicted molar refractivity (Wildman–Crippen MR) is 67.0 cm³/mol. The minimum atomic E-state index is -0.292. The van der Waals surface area contributed by atoms with Crippen LogP contribution < -0.4 is 10.1 Å². The molecule has 2 rings (SSSR count). The van der Waals surface area contributed by atoms with Crippen molar-refractivity contribution in [2.75, 3.05) is 11.9 Å². The molecule has 0 aliphatic heterocycles. The Bertz CT molecular complexity index is 487. The number of aromatic nitrogens is 1. The second kappa shape index (κ2) is 5.63. The summed E-state index contributed by atoms with van der Waals surface area (Å²) in [6.45, 7) is 3.27. The van der Waals surface area contributed by atoms with Gasteiger partial charge in [0, 0.05) is 18.8 Å². The molecule has 0 atom stereocenters. The average Bonchev–Trinajstić information content (AvgIpc) is 2.75. The van der Waals surface area contributed by atoms with Crippen LogP contribution in [0, 0.1) is 5.82 Å². The predicted octanol–water partition coefficient (Wildman–Crippen LogP) is 3.29. The van der Waals surface area contributed by atoms with E-state index in [-0.39, 0.29) is 5.82 Å². The zero-order chi connectivity index (χ0) is 12.1. The van der Waals surface area contributed by atoms with Crippen LogP contribution in [0.25, 0.3) is 0 Å². The van der Waals surface area contributed by atoms with E-state index in [4.69, 9.17) is 4.74 Å². The van der Waals surface area contributed by atoms with Gasteiger partial charge in [-0.1, -0.05) is 17.4 Å². The quantitative estimate of drug-likeness (QED) is 0.886. The molecule has 5 heteroatoms. The van der Waals surface area contributed by atoms with E-state index in [2.05, 4.69) is 10.3 Å². The molecule has 2 aromatic rings. The highest BCUT2D eigenvalue weighted by molar-refractivity contribution is 7.15. The maximum atomic E-state index is 12.9. The minimum absolute atomic E-state index is 0.292. The zero-order valence-electron chi connectivity index (χ0n) is 9.44. The fourth-order valence-electron chi connectivity index (χ4n) is 1.32. The number of nitrogens with zero attached hydrogens (tertiary/aromatic N) is 1. The third-order valence-electron chi connectivity index (χ3n) is 2.06. The molecule has 0 fully saturated rings. The Balaban J connectivity index is 1.93. The lowest BCUT2D eigenvalue weighted by molar-refractivity contribution is 0.308. The summed E-state index contributed by atoms with van der Waals surface area (Å²) in [6.07, 6.45) is 1.77. The van der Waals surface area contributed by atoms with E-state index in [1.54, 1.807) is 18.3 Å². The molecule has 0 amide bonds. The molecule has 0 unspecified atom stereocenters. The van der Waals surface area contributed by atoms with E-state index in [0.717, 1.165) is 16.6 Å². The lowest BCUT2D eigenvalue weighted by Crippen LogP contribution is -1.94. The number of ether oxygens (including phenoxy) is 1. The molecule has 1 aromatic heterocycles. The number of rotatable bonds is 5. The van der Waals surface area contributed by atoms with E-state index in [1.165, 1.54) is 23.5 Å². The molecule has 0 radical (unpaired) electrons. The largest absolute Gasteiger partial charge is 0.488 e. The summed E-state index contributed by atoms with van der Waals surface area (Å²) >= 11 is 1.54. The molecule has 0 aliphatic carbocycles. The Morgan fingerprint density at radius 2 is 2.35 bits per heavy atom. The number of thiazole rings is 1. The molecule has 0 saturated carbocycles. The Morgan fingerprint density at radius 1 is 1.47 bits per heavy atom. The van der Waals surface area contributed by atoms with Crippen molar-refractivity contribution in [3.63, 3.8) is 0 Å². The van der Waals surface area contributed by atoms with Crippen molar-refractivity contribution in [3.8, 4) is 5.75 Å². The maximum Gasteiger partial charge on any atom is 0.182 e. The second-order valence-corrected chi connectivity index (χ2v) is 4.52. The Kier molecular flexibility index (Phi) is 3.93. The van der Waals surface area contributed by atoms with Crippen molar-refractivity contribution in [3.05, 3.63) is 41.2 Å². The highest BCUT2D eigenvalue weighted by atomic mass is 32.1. The molecular formula is C12H13FN2OS. The van der Waals surface area contributed by atoms with Gasteiger partial charge in [0.05, 0.1) is 4.88 Å². The van der Waals surface area contributed by atoms with Crippen LogP contribution in [0.1, 0.15) is 11.8 Å². The summed E-state index contributed by atoms with van der Waals surface area (Å²) in [7, 11) is 0. The molecule has 0 saturated heterocycles. The number of nitrogens with one attached hydrogen (secondary N) is 1. The Labute approximate surface area is 103 Å². The van der Waals surface area contributed by atoms with Gasteiger partial charge >= 0.3 is 0 Å². The molecular weight excluding hydrogens is 239 g/mol. The number of hydrogen-bond acceptors (Lipinski definition) is 4. The van der Waals surface area contributed by atoms with Crippen molar-refractivity contribution in [1.82, 2.24) is 4.98 Å². The number of anilines is 1. The highest BCUT2D eigenvalue weighted by Crippen LogP contribution is 2.20. The van der Waals surface area contributed by atoms with Gasteiger partial charge in [0.15, 0.2) is 5.13 Å². The van der Waals surface area contributed by atoms with Crippen molar-refractivity contribution >= 4 is 16.5 Å². The monoisotopic (exact) mass is 252 g/mol. The fraction of sp³-hybridized carbons (Fsp3) is 0.250. The zero-order valence-corrected chi connectivity index (χ0v) is 10.3. The summed E-state index contributed by atoms with van der Waals surface area (Å²) in [5, 5.41) is 4.01. The van der Waals surface area contributed by atoms with Crippen molar-refractivity contribution in [2.45, 2.75) is 13.5 Å². The van der Waals surface area contributed by atoms with Crippen LogP contribution in [0.15, 0.2) is 30.5 Å². The van der Waals surface area contributed by atoms with E-state index in [0.29, 0.717) is 12.4 Å². The van der Waals surface area contributed by atoms with Crippen molar-refractivity contribution in [2.24, 2.45) is 0 Å². The molecule has 90 valence electrons. The van der Waals surface area contributed by atoms with Crippen LogP contribution in [0.5, 0.6) is 5.75 Å². The maximum absolute atomic E-state index is 12.9. The Morgan fingerprint density at radius 3 is 3.12 bits per heavy atom. The molecule has 1 N–H and O–H groups in total. The van der Waals surface area contributed by atoms with Gasteiger partial charge in [-0.05, 0) is 19.1 Å². The molecule has 1 heterocycles. The van der Waals surface area contributed by atoms with Gasteiger partial charge in [0.1, 0.15) is 18.2 Å². The first-order valence-electron chi connectivity index (χ1n) is 5.35. The van der Waals surface area contributed by atoms with Gasteiger partial charge in [0.2, 0.25) is 0 Å². The number of halogens is 1. The van der Waals surface area contributed by atoms with Gasteiger partial charge in [-0.15, -0.1) is 0 Å². The average molecular weight is 252 g/mol. The molecule has 17 heavy (non-hydrogen) atoms. The van der Waals surface area contributed by atoms with E-state index >= 15 is 0 Å². The molecule has 1 aromatic carbocycles. The summed E-state index contributed by atoms with van der Waals surface area (Å²) < 4.78 is 18.4. The lowest BCUT2D eigenvalue weighted by atomic mass is 10.3. The first kappa shape index (κ1) is 11.9. The molecule has 0 bridgehead atoms. The van der Waals surface area contributed by atoms with Gasteiger partial charge in [-0.25, -0.2) is 9.37 Å². The normalized spacial score (nSPS) is 10.2. The minimum Gasteiger partial charge on any atom is -0.488 e. The summed E-state index contributed by atoms with van der Waals surface area (Å²) in [5.41, 5.74) is 0. The van der Waals surface area contributed by atoms with E-state index < -0.39 is 0 Å². The number of hydrogen-bond donors (Lipinski definition) is 1. The summed E-state index contributed by atoms with van der Waals surface area (Å²) in [5.74, 6) is 0.239.